The maximum absolute atomic E-state index is 12.2. The standard InChI is InChI=1S/C23H31ClN2O4S/c1-4-30-20-14-12-19(13-15-20)8-6-16-25-23(27)11-7-17-26(31(3,28)29)22-10-5-9-21(24)18(22)2/h5,9-10,12-15H,4,6-8,11,16-17H2,1-3H3,(H,25,27). The van der Waals surface area contributed by atoms with Crippen LogP contribution in [0.25, 0.3) is 0 Å². The number of carbonyl (C=O) groups is 1. The Bertz CT molecular complexity index is 962. The van der Waals surface area contributed by atoms with Crippen molar-refractivity contribution in [2.45, 2.75) is 39.5 Å². The summed E-state index contributed by atoms with van der Waals surface area (Å²) in [5.74, 6) is 0.776. The van der Waals surface area contributed by atoms with Gasteiger partial charge in [-0.05, 0) is 68.5 Å². The van der Waals surface area contributed by atoms with Crippen LogP contribution in [-0.4, -0.2) is 40.3 Å². The molecule has 6 nitrogen and oxygen atoms in total. The summed E-state index contributed by atoms with van der Waals surface area (Å²) in [5, 5.41) is 3.42. The third-order valence-electron chi connectivity index (χ3n) is 4.87. The van der Waals surface area contributed by atoms with Gasteiger partial charge in [0.1, 0.15) is 5.75 Å². The first kappa shape index (κ1) is 25.0. The molecule has 0 fully saturated rings. The van der Waals surface area contributed by atoms with Gasteiger partial charge in [0.25, 0.3) is 0 Å². The molecule has 31 heavy (non-hydrogen) atoms. The predicted molar refractivity (Wildman–Crippen MR) is 127 cm³/mol. The number of ether oxygens (including phenoxy) is 1. The van der Waals surface area contributed by atoms with Gasteiger partial charge in [0.15, 0.2) is 0 Å². The van der Waals surface area contributed by atoms with Crippen molar-refractivity contribution in [3.63, 3.8) is 0 Å². The molecule has 2 aromatic carbocycles. The van der Waals surface area contributed by atoms with Gasteiger partial charge in [0, 0.05) is 24.5 Å². The highest BCUT2D eigenvalue weighted by Gasteiger charge is 2.20. The van der Waals surface area contributed by atoms with E-state index in [1.54, 1.807) is 25.1 Å². The fraction of sp³-hybridized carbons (Fsp3) is 0.435. The summed E-state index contributed by atoms with van der Waals surface area (Å²) in [4.78, 5) is 12.1. The summed E-state index contributed by atoms with van der Waals surface area (Å²) in [6, 6.07) is 13.1. The fourth-order valence-corrected chi connectivity index (χ4v) is 4.43. The highest BCUT2D eigenvalue weighted by Crippen LogP contribution is 2.28. The van der Waals surface area contributed by atoms with Gasteiger partial charge in [-0.2, -0.15) is 0 Å². The summed E-state index contributed by atoms with van der Waals surface area (Å²) < 4.78 is 31.2. The molecule has 0 aliphatic carbocycles. The summed E-state index contributed by atoms with van der Waals surface area (Å²) in [6.45, 7) is 5.18. The number of rotatable bonds is 12. The van der Waals surface area contributed by atoms with E-state index >= 15 is 0 Å². The smallest absolute Gasteiger partial charge is 0.232 e. The topological polar surface area (TPSA) is 75.7 Å². The van der Waals surface area contributed by atoms with Crippen LogP contribution in [0.15, 0.2) is 42.5 Å². The lowest BCUT2D eigenvalue weighted by atomic mass is 10.1. The quantitative estimate of drug-likeness (QED) is 0.472. The zero-order valence-corrected chi connectivity index (χ0v) is 19.9. The molecular formula is C23H31ClN2O4S. The number of hydrogen-bond acceptors (Lipinski definition) is 4. The van der Waals surface area contributed by atoms with Crippen molar-refractivity contribution >= 4 is 33.2 Å². The molecule has 2 aromatic rings. The maximum Gasteiger partial charge on any atom is 0.232 e. The monoisotopic (exact) mass is 466 g/mol. The van der Waals surface area contributed by atoms with Crippen LogP contribution in [0.5, 0.6) is 5.75 Å². The normalized spacial score (nSPS) is 11.2. The van der Waals surface area contributed by atoms with Gasteiger partial charge in [0.05, 0.1) is 18.6 Å². The first-order chi connectivity index (χ1) is 14.7. The largest absolute Gasteiger partial charge is 0.494 e. The van der Waals surface area contributed by atoms with E-state index in [1.807, 2.05) is 31.2 Å². The molecule has 0 aliphatic rings. The van der Waals surface area contributed by atoms with Crippen LogP contribution in [-0.2, 0) is 21.2 Å². The van der Waals surface area contributed by atoms with Crippen LogP contribution < -0.4 is 14.4 Å². The van der Waals surface area contributed by atoms with E-state index in [0.29, 0.717) is 35.8 Å². The van der Waals surface area contributed by atoms with Crippen molar-refractivity contribution in [3.05, 3.63) is 58.6 Å². The molecule has 8 heteroatoms. The van der Waals surface area contributed by atoms with Gasteiger partial charge in [-0.15, -0.1) is 0 Å². The molecule has 0 spiro atoms. The zero-order valence-electron chi connectivity index (χ0n) is 18.4. The Morgan fingerprint density at radius 2 is 1.84 bits per heavy atom. The van der Waals surface area contributed by atoms with Gasteiger partial charge in [0.2, 0.25) is 15.9 Å². The van der Waals surface area contributed by atoms with Crippen LogP contribution in [0.1, 0.15) is 37.3 Å². The SMILES string of the molecule is CCOc1ccc(CCCNC(=O)CCCN(c2cccc(Cl)c2C)S(C)(=O)=O)cc1. The summed E-state index contributed by atoms with van der Waals surface area (Å²) in [5.41, 5.74) is 2.44. The van der Waals surface area contributed by atoms with E-state index < -0.39 is 10.0 Å². The molecule has 170 valence electrons. The van der Waals surface area contributed by atoms with Gasteiger partial charge in [-0.1, -0.05) is 29.8 Å². The first-order valence-corrected chi connectivity index (χ1v) is 12.7. The highest BCUT2D eigenvalue weighted by atomic mass is 35.5. The lowest BCUT2D eigenvalue weighted by molar-refractivity contribution is -0.121. The number of sulfonamides is 1. The Morgan fingerprint density at radius 1 is 1.13 bits per heavy atom. The second-order valence-corrected chi connectivity index (χ2v) is 9.67. The number of nitrogens with one attached hydrogen (secondary N) is 1. The molecule has 0 bridgehead atoms. The number of benzene rings is 2. The van der Waals surface area contributed by atoms with Crippen molar-refractivity contribution in [1.82, 2.24) is 5.32 Å². The highest BCUT2D eigenvalue weighted by molar-refractivity contribution is 7.92. The zero-order chi connectivity index (χ0) is 22.9. The van der Waals surface area contributed by atoms with Crippen LogP contribution in [0.3, 0.4) is 0 Å². The van der Waals surface area contributed by atoms with Crippen LogP contribution in [0.4, 0.5) is 5.69 Å². The fourth-order valence-electron chi connectivity index (χ4n) is 3.24. The van der Waals surface area contributed by atoms with Crippen molar-refractivity contribution in [2.75, 3.05) is 30.3 Å². The van der Waals surface area contributed by atoms with Crippen molar-refractivity contribution in [3.8, 4) is 5.75 Å². The molecule has 2 rings (SSSR count). The van der Waals surface area contributed by atoms with E-state index in [9.17, 15) is 13.2 Å². The summed E-state index contributed by atoms with van der Waals surface area (Å²) >= 11 is 6.14. The minimum Gasteiger partial charge on any atom is -0.494 e. The average Bonchev–Trinajstić information content (AvgIpc) is 2.72. The third kappa shape index (κ3) is 8.07. The Hall–Kier alpha value is -2.25. The minimum absolute atomic E-state index is 0.0806. The van der Waals surface area contributed by atoms with E-state index in [2.05, 4.69) is 5.32 Å². The molecule has 0 aromatic heterocycles. The second kappa shape index (κ2) is 12.0. The van der Waals surface area contributed by atoms with Gasteiger partial charge >= 0.3 is 0 Å². The molecule has 0 unspecified atom stereocenters. The molecule has 0 saturated carbocycles. The Balaban J connectivity index is 1.76. The van der Waals surface area contributed by atoms with Crippen molar-refractivity contribution < 1.29 is 17.9 Å². The number of anilines is 1. The number of halogens is 1. The van der Waals surface area contributed by atoms with Crippen LogP contribution in [0, 0.1) is 6.92 Å². The maximum atomic E-state index is 12.2. The number of nitrogens with zero attached hydrogens (tertiary/aromatic N) is 1. The summed E-state index contributed by atoms with van der Waals surface area (Å²) in [7, 11) is -3.48. The van der Waals surface area contributed by atoms with E-state index in [1.165, 1.54) is 9.87 Å². The third-order valence-corrected chi connectivity index (χ3v) is 6.46. The number of aryl methyl sites for hydroxylation is 1. The van der Waals surface area contributed by atoms with Crippen molar-refractivity contribution in [1.29, 1.82) is 0 Å². The van der Waals surface area contributed by atoms with E-state index in [4.69, 9.17) is 16.3 Å². The predicted octanol–water partition coefficient (Wildman–Crippen LogP) is 4.34. The Kier molecular flexibility index (Phi) is 9.65. The Labute approximate surface area is 190 Å². The van der Waals surface area contributed by atoms with Gasteiger partial charge in [-0.25, -0.2) is 8.42 Å². The minimum atomic E-state index is -3.48. The molecule has 0 atom stereocenters. The first-order valence-electron chi connectivity index (χ1n) is 10.4. The Morgan fingerprint density at radius 3 is 2.48 bits per heavy atom. The molecule has 0 heterocycles. The molecular weight excluding hydrogens is 436 g/mol. The molecule has 0 radical (unpaired) electrons. The molecule has 1 amide bonds. The number of hydrogen-bond donors (Lipinski definition) is 1. The average molecular weight is 467 g/mol. The molecule has 0 aliphatic heterocycles. The number of carbonyl (C=O) groups excluding carboxylic acids is 1. The van der Waals surface area contributed by atoms with Crippen molar-refractivity contribution in [2.24, 2.45) is 0 Å². The van der Waals surface area contributed by atoms with Gasteiger partial charge < -0.3 is 10.1 Å². The van der Waals surface area contributed by atoms with Gasteiger partial charge in [-0.3, -0.25) is 9.10 Å². The second-order valence-electron chi connectivity index (χ2n) is 7.35. The molecule has 1 N–H and O–H groups in total. The lowest BCUT2D eigenvalue weighted by Gasteiger charge is -2.24. The van der Waals surface area contributed by atoms with E-state index in [0.717, 1.165) is 24.8 Å². The summed E-state index contributed by atoms with van der Waals surface area (Å²) in [6.07, 6.45) is 3.53. The lowest BCUT2D eigenvalue weighted by Crippen LogP contribution is -2.32. The van der Waals surface area contributed by atoms with Crippen LogP contribution >= 0.6 is 11.6 Å². The molecule has 0 saturated heterocycles. The van der Waals surface area contributed by atoms with E-state index in [-0.39, 0.29) is 18.9 Å². The van der Waals surface area contributed by atoms with Crippen LogP contribution in [0.2, 0.25) is 5.02 Å². The number of amides is 1.